The maximum Gasteiger partial charge on any atom is 1.00 e. The Hall–Kier alpha value is -0.981. The number of hydrogen-bond acceptors (Lipinski definition) is 1. The molecule has 0 N–H and O–H groups in total. The number of hydrogen-bond donors (Lipinski definition) is 0. The van der Waals surface area contributed by atoms with Crippen LogP contribution in [0.4, 0.5) is 0 Å². The fourth-order valence-corrected chi connectivity index (χ4v) is 1.23. The van der Waals surface area contributed by atoms with E-state index in [1.165, 1.54) is 10.8 Å². The maximum atomic E-state index is 5.11. The van der Waals surface area contributed by atoms with Crippen LogP contribution in [-0.4, -0.2) is 7.11 Å². The molecule has 0 unspecified atom stereocenters. The Morgan fingerprint density at radius 3 is 2.77 bits per heavy atom. The van der Waals surface area contributed by atoms with Crippen LogP contribution in [-0.2, 0) is 17.1 Å². The fraction of sp³-hybridized carbons (Fsp3) is 0.0909. The molecule has 0 saturated carbocycles. The largest absolute Gasteiger partial charge is 1.00 e. The van der Waals surface area contributed by atoms with Gasteiger partial charge in [-0.25, -0.2) is 0 Å². The second-order valence-corrected chi connectivity index (χ2v) is 2.64. The number of benzene rings is 2. The summed E-state index contributed by atoms with van der Waals surface area (Å²) < 4.78 is 5.11. The normalized spacial score (nSPS) is 9.31. The van der Waals surface area contributed by atoms with Gasteiger partial charge >= 0.3 is 17.1 Å². The van der Waals surface area contributed by atoms with E-state index in [4.69, 9.17) is 4.74 Å². The van der Waals surface area contributed by atoms with Crippen LogP contribution < -0.4 is 4.74 Å². The Kier molecular flexibility index (Phi) is 3.35. The molecule has 0 saturated heterocycles. The van der Waals surface area contributed by atoms with Gasteiger partial charge in [-0.1, -0.05) is 0 Å². The first-order valence-electron chi connectivity index (χ1n) is 3.84. The van der Waals surface area contributed by atoms with Crippen LogP contribution in [0.2, 0.25) is 0 Å². The summed E-state index contributed by atoms with van der Waals surface area (Å²) in [6.45, 7) is 0. The van der Waals surface area contributed by atoms with Crippen molar-refractivity contribution >= 4 is 10.8 Å². The smallest absolute Gasteiger partial charge is 0.497 e. The van der Waals surface area contributed by atoms with Gasteiger partial charge in [-0.3, -0.25) is 0 Å². The quantitative estimate of drug-likeness (QED) is 0.531. The zero-order valence-corrected chi connectivity index (χ0v) is 8.12. The fourth-order valence-electron chi connectivity index (χ4n) is 1.23. The molecule has 2 rings (SSSR count). The summed E-state index contributed by atoms with van der Waals surface area (Å²) >= 11 is 0. The Morgan fingerprint density at radius 2 is 2.00 bits per heavy atom. The van der Waals surface area contributed by atoms with Crippen LogP contribution in [0.1, 0.15) is 0 Å². The average molecular weight is 221 g/mol. The summed E-state index contributed by atoms with van der Waals surface area (Å²) in [7, 11) is 1.68. The van der Waals surface area contributed by atoms with Crippen LogP contribution in [0.25, 0.3) is 10.8 Å². The van der Waals surface area contributed by atoms with Gasteiger partial charge in [0.2, 0.25) is 0 Å². The monoisotopic (exact) mass is 220 g/mol. The first kappa shape index (κ1) is 10.1. The van der Waals surface area contributed by atoms with Crippen molar-refractivity contribution in [2.75, 3.05) is 7.11 Å². The number of ether oxygens (including phenoxy) is 1. The molecule has 0 amide bonds. The van der Waals surface area contributed by atoms with Gasteiger partial charge in [-0.2, -0.15) is 24.3 Å². The van der Waals surface area contributed by atoms with Gasteiger partial charge in [0.15, 0.2) is 0 Å². The molecule has 0 bridgehead atoms. The number of methoxy groups -OCH3 is 1. The Bertz CT molecular complexity index is 398. The van der Waals surface area contributed by atoms with Gasteiger partial charge in [-0.15, -0.1) is 16.8 Å². The van der Waals surface area contributed by atoms with E-state index in [-0.39, 0.29) is 17.1 Å². The second-order valence-electron chi connectivity index (χ2n) is 2.64. The van der Waals surface area contributed by atoms with Gasteiger partial charge in [-0.05, 0) is 12.1 Å². The van der Waals surface area contributed by atoms with Crippen LogP contribution >= 0.6 is 0 Å². The van der Waals surface area contributed by atoms with E-state index in [1.807, 2.05) is 36.4 Å². The summed E-state index contributed by atoms with van der Waals surface area (Å²) in [6, 6.07) is 14.9. The van der Waals surface area contributed by atoms with Crippen molar-refractivity contribution in [3.05, 3.63) is 42.5 Å². The first-order chi connectivity index (χ1) is 5.90. The van der Waals surface area contributed by atoms with Crippen molar-refractivity contribution in [1.29, 1.82) is 0 Å². The Balaban J connectivity index is 0.000000845. The molecule has 2 aromatic carbocycles. The molecular weight excluding hydrogens is 212 g/mol. The molecule has 70 valence electrons. The maximum absolute atomic E-state index is 5.11. The molecule has 0 fully saturated rings. The van der Waals surface area contributed by atoms with Crippen molar-refractivity contribution in [2.24, 2.45) is 0 Å². The molecule has 1 nitrogen and oxygen atoms in total. The molecule has 0 atom stereocenters. The molecule has 2 aromatic rings. The minimum absolute atomic E-state index is 0. The van der Waals surface area contributed by atoms with E-state index in [9.17, 15) is 0 Å². The SMILES string of the molecule is COc1ccc2c[c-]ccc2c1.[Cu+]. The summed E-state index contributed by atoms with van der Waals surface area (Å²) in [5, 5.41) is 2.38. The van der Waals surface area contributed by atoms with Crippen LogP contribution in [0.3, 0.4) is 0 Å². The molecule has 0 aliphatic carbocycles. The van der Waals surface area contributed by atoms with E-state index >= 15 is 0 Å². The van der Waals surface area contributed by atoms with Crippen molar-refractivity contribution in [1.82, 2.24) is 0 Å². The summed E-state index contributed by atoms with van der Waals surface area (Å²) in [5.74, 6) is 0.897. The Labute approximate surface area is 88.2 Å². The van der Waals surface area contributed by atoms with E-state index in [0.29, 0.717) is 0 Å². The van der Waals surface area contributed by atoms with Crippen molar-refractivity contribution < 1.29 is 21.8 Å². The predicted molar refractivity (Wildman–Crippen MR) is 49.3 cm³/mol. The van der Waals surface area contributed by atoms with E-state index < -0.39 is 0 Å². The molecule has 2 heteroatoms. The van der Waals surface area contributed by atoms with E-state index in [1.54, 1.807) is 7.11 Å². The minimum atomic E-state index is 0. The van der Waals surface area contributed by atoms with E-state index in [2.05, 4.69) is 6.07 Å². The van der Waals surface area contributed by atoms with Crippen molar-refractivity contribution in [2.45, 2.75) is 0 Å². The van der Waals surface area contributed by atoms with Crippen LogP contribution in [0.5, 0.6) is 5.75 Å². The average Bonchev–Trinajstić information content (AvgIpc) is 2.17. The second kappa shape index (κ2) is 4.31. The summed E-state index contributed by atoms with van der Waals surface area (Å²) in [5.41, 5.74) is 0. The molecular formula is C11H9CuO. The van der Waals surface area contributed by atoms with Gasteiger partial charge in [0.25, 0.3) is 0 Å². The molecule has 0 aliphatic rings. The molecule has 0 radical (unpaired) electrons. The Morgan fingerprint density at radius 1 is 1.15 bits per heavy atom. The standard InChI is InChI=1S/C11H9O.Cu/c1-12-11-7-6-9-4-2-3-5-10(9)8-11;/h3-8H,1H3;/q-1;+1. The van der Waals surface area contributed by atoms with E-state index in [0.717, 1.165) is 5.75 Å². The molecule has 13 heavy (non-hydrogen) atoms. The molecule has 0 spiro atoms. The molecule has 0 heterocycles. The summed E-state index contributed by atoms with van der Waals surface area (Å²) in [6.07, 6.45) is 0. The zero-order valence-electron chi connectivity index (χ0n) is 7.17. The van der Waals surface area contributed by atoms with Gasteiger partial charge in [0, 0.05) is 0 Å². The van der Waals surface area contributed by atoms with Gasteiger partial charge < -0.3 is 4.74 Å². The molecule has 0 aliphatic heterocycles. The van der Waals surface area contributed by atoms with Crippen molar-refractivity contribution in [3.63, 3.8) is 0 Å². The zero-order chi connectivity index (χ0) is 8.39. The third-order valence-corrected chi connectivity index (χ3v) is 1.89. The third kappa shape index (κ3) is 2.03. The third-order valence-electron chi connectivity index (χ3n) is 1.89. The van der Waals surface area contributed by atoms with Gasteiger partial charge in [0.1, 0.15) is 5.75 Å². The van der Waals surface area contributed by atoms with Crippen LogP contribution in [0, 0.1) is 6.07 Å². The number of rotatable bonds is 1. The van der Waals surface area contributed by atoms with Crippen LogP contribution in [0.15, 0.2) is 36.4 Å². The van der Waals surface area contributed by atoms with Crippen molar-refractivity contribution in [3.8, 4) is 5.75 Å². The first-order valence-corrected chi connectivity index (χ1v) is 3.84. The minimum Gasteiger partial charge on any atom is -0.497 e. The predicted octanol–water partition coefficient (Wildman–Crippen LogP) is 2.65. The number of fused-ring (bicyclic) bond motifs is 1. The molecule has 0 aromatic heterocycles. The topological polar surface area (TPSA) is 9.23 Å². The summed E-state index contributed by atoms with van der Waals surface area (Å²) in [4.78, 5) is 0. The van der Waals surface area contributed by atoms with Gasteiger partial charge in [0.05, 0.1) is 7.11 Å².